The molecule has 0 bridgehead atoms. The van der Waals surface area contributed by atoms with Gasteiger partial charge in [0.05, 0.1) is 6.04 Å². The number of carbonyl (C=O) groups excluding carboxylic acids is 1. The molecule has 1 aromatic carbocycles. The normalized spacial score (nSPS) is 16.5. The first-order valence-corrected chi connectivity index (χ1v) is 8.68. The van der Waals surface area contributed by atoms with Crippen LogP contribution in [0.3, 0.4) is 0 Å². The number of hydrogen-bond donors (Lipinski definition) is 2. The number of primary amides is 1. The van der Waals surface area contributed by atoms with Crippen molar-refractivity contribution in [1.82, 2.24) is 9.78 Å². The van der Waals surface area contributed by atoms with Gasteiger partial charge in [0.1, 0.15) is 5.01 Å². The number of aromatic nitrogens is 2. The zero-order chi connectivity index (χ0) is 16.2. The Balaban J connectivity index is 1.82. The molecule has 1 aliphatic carbocycles. The Labute approximate surface area is 139 Å². The molecule has 122 valence electrons. The number of nitrogens with one attached hydrogen (secondary N) is 1. The van der Waals surface area contributed by atoms with E-state index in [2.05, 4.69) is 10.4 Å². The number of anilines is 1. The summed E-state index contributed by atoms with van der Waals surface area (Å²) in [5.74, 6) is 0. The van der Waals surface area contributed by atoms with Crippen LogP contribution in [0.4, 0.5) is 10.5 Å². The molecule has 7 heteroatoms. The maximum absolute atomic E-state index is 10.8. The number of carbonyl (C=O) groups is 1. The van der Waals surface area contributed by atoms with Crippen molar-refractivity contribution >= 4 is 23.1 Å². The molecule has 3 rings (SSSR count). The van der Waals surface area contributed by atoms with E-state index in [-0.39, 0.29) is 0 Å². The smallest absolute Gasteiger partial charge is 0.316 e. The molecule has 0 atom stereocenters. The number of rotatable bonds is 3. The monoisotopic (exact) mass is 331 g/mol. The van der Waals surface area contributed by atoms with Crippen LogP contribution in [0, 0.1) is 0 Å². The second-order valence-electron chi connectivity index (χ2n) is 5.80. The first-order valence-electron chi connectivity index (χ1n) is 7.87. The third-order valence-corrected chi connectivity index (χ3v) is 5.04. The lowest BCUT2D eigenvalue weighted by Crippen LogP contribution is -2.19. The van der Waals surface area contributed by atoms with Crippen molar-refractivity contribution in [3.63, 3.8) is 0 Å². The lowest BCUT2D eigenvalue weighted by molar-refractivity contribution is 0.259. The summed E-state index contributed by atoms with van der Waals surface area (Å²) < 4.78 is 1.85. The van der Waals surface area contributed by atoms with Crippen molar-refractivity contribution in [2.24, 2.45) is 17.8 Å². The molecule has 1 fully saturated rings. The molecule has 0 unspecified atom stereocenters. The molecule has 1 aliphatic rings. The first kappa shape index (κ1) is 15.7. The molecule has 3 N–H and O–H groups in total. The first-order chi connectivity index (χ1) is 11.1. The maximum Gasteiger partial charge on any atom is 0.316 e. The Hall–Kier alpha value is -2.15. The van der Waals surface area contributed by atoms with Gasteiger partial charge in [-0.2, -0.15) is 5.10 Å². The van der Waals surface area contributed by atoms with Crippen LogP contribution in [0.25, 0.3) is 10.6 Å². The van der Waals surface area contributed by atoms with E-state index < -0.39 is 6.03 Å². The minimum atomic E-state index is -0.563. The minimum Gasteiger partial charge on any atom is -0.351 e. The van der Waals surface area contributed by atoms with Crippen molar-refractivity contribution in [3.8, 4) is 10.6 Å². The van der Waals surface area contributed by atoms with Crippen LogP contribution in [0.1, 0.15) is 32.1 Å². The highest BCUT2D eigenvalue weighted by molar-refractivity contribution is 7.12. The topological polar surface area (TPSA) is 85.3 Å². The van der Waals surface area contributed by atoms with E-state index in [0.717, 1.165) is 15.4 Å². The van der Waals surface area contributed by atoms with Crippen LogP contribution in [0.15, 0.2) is 29.3 Å². The van der Waals surface area contributed by atoms with Gasteiger partial charge < -0.3 is 11.1 Å². The van der Waals surface area contributed by atoms with Gasteiger partial charge in [-0.05, 0) is 37.1 Å². The number of aryl methyl sites for hydroxylation is 1. The highest BCUT2D eigenvalue weighted by Crippen LogP contribution is 2.23. The summed E-state index contributed by atoms with van der Waals surface area (Å²) in [7, 11) is 1.94. The predicted octanol–water partition coefficient (Wildman–Crippen LogP) is 2.87. The number of nitrogens with zero attached hydrogens (tertiary/aromatic N) is 3. The fourth-order valence-electron chi connectivity index (χ4n) is 2.78. The molecule has 23 heavy (non-hydrogen) atoms. The molecule has 2 amide bonds. The highest BCUT2D eigenvalue weighted by Gasteiger charge is 2.13. The molecular formula is C16H21N5OS. The number of urea groups is 1. The predicted molar refractivity (Wildman–Crippen MR) is 92.2 cm³/mol. The number of hydrogen-bond acceptors (Lipinski definition) is 4. The molecular weight excluding hydrogens is 310 g/mol. The Bertz CT molecular complexity index is 741. The lowest BCUT2D eigenvalue weighted by atomic mass is 9.96. The van der Waals surface area contributed by atoms with Gasteiger partial charge in [-0.15, -0.1) is 0 Å². The van der Waals surface area contributed by atoms with E-state index in [4.69, 9.17) is 10.7 Å². The van der Waals surface area contributed by atoms with E-state index in [1.54, 1.807) is 11.3 Å². The van der Waals surface area contributed by atoms with Gasteiger partial charge in [0.15, 0.2) is 0 Å². The fraction of sp³-hybridized carbons (Fsp3) is 0.438. The standard InChI is InChI=1S/C16H21N5OS/c1-21-16(19-12-5-3-2-4-6-12)23-14(20-21)11-7-9-13(10-8-11)18-15(17)22/h7-10,12H,2-6H2,1H3,(H3,17,18,22)/b19-16+. The van der Waals surface area contributed by atoms with Crippen LogP contribution in [0.2, 0.25) is 0 Å². The molecule has 2 aromatic rings. The third kappa shape index (κ3) is 3.98. The van der Waals surface area contributed by atoms with Gasteiger partial charge in [0, 0.05) is 18.3 Å². The second kappa shape index (κ2) is 6.95. The summed E-state index contributed by atoms with van der Waals surface area (Å²) in [6.07, 6.45) is 6.24. The van der Waals surface area contributed by atoms with Gasteiger partial charge in [-0.1, -0.05) is 30.6 Å². The Morgan fingerprint density at radius 3 is 2.65 bits per heavy atom. The van der Waals surface area contributed by atoms with Crippen LogP contribution >= 0.6 is 11.3 Å². The Morgan fingerprint density at radius 1 is 1.30 bits per heavy atom. The Kier molecular flexibility index (Phi) is 4.76. The van der Waals surface area contributed by atoms with Gasteiger partial charge in [0.25, 0.3) is 0 Å². The fourth-order valence-corrected chi connectivity index (χ4v) is 3.75. The van der Waals surface area contributed by atoms with Crippen molar-refractivity contribution in [2.45, 2.75) is 38.1 Å². The number of benzene rings is 1. The average molecular weight is 331 g/mol. The summed E-state index contributed by atoms with van der Waals surface area (Å²) in [6.45, 7) is 0. The molecule has 0 radical (unpaired) electrons. The molecule has 1 saturated carbocycles. The van der Waals surface area contributed by atoms with E-state index in [1.165, 1.54) is 32.1 Å². The third-order valence-electron chi connectivity index (χ3n) is 3.97. The minimum absolute atomic E-state index is 0.436. The molecule has 1 heterocycles. The largest absolute Gasteiger partial charge is 0.351 e. The molecule has 0 saturated heterocycles. The lowest BCUT2D eigenvalue weighted by Gasteiger charge is -2.16. The maximum atomic E-state index is 10.8. The van der Waals surface area contributed by atoms with Gasteiger partial charge in [-0.25, -0.2) is 9.48 Å². The van der Waals surface area contributed by atoms with Gasteiger partial charge >= 0.3 is 6.03 Å². The average Bonchev–Trinajstić information content (AvgIpc) is 2.89. The molecule has 1 aromatic heterocycles. The zero-order valence-corrected chi connectivity index (χ0v) is 14.0. The van der Waals surface area contributed by atoms with Crippen molar-refractivity contribution in [2.75, 3.05) is 5.32 Å². The second-order valence-corrected chi connectivity index (χ2v) is 6.76. The molecule has 6 nitrogen and oxygen atoms in total. The van der Waals surface area contributed by atoms with Crippen LogP contribution in [-0.4, -0.2) is 21.9 Å². The molecule has 0 spiro atoms. The molecule has 0 aliphatic heterocycles. The SMILES string of the molecule is Cn1nc(-c2ccc(NC(N)=O)cc2)s/c1=N/C1CCCCC1. The summed E-state index contributed by atoms with van der Waals surface area (Å²) in [5, 5.41) is 8.04. The summed E-state index contributed by atoms with van der Waals surface area (Å²) in [5.41, 5.74) is 6.79. The van der Waals surface area contributed by atoms with Crippen LogP contribution in [-0.2, 0) is 7.05 Å². The highest BCUT2D eigenvalue weighted by atomic mass is 32.1. The van der Waals surface area contributed by atoms with Crippen LogP contribution in [0.5, 0.6) is 0 Å². The summed E-state index contributed by atoms with van der Waals surface area (Å²) in [6, 6.07) is 7.36. The zero-order valence-electron chi connectivity index (χ0n) is 13.2. The van der Waals surface area contributed by atoms with E-state index in [9.17, 15) is 4.79 Å². The van der Waals surface area contributed by atoms with E-state index in [1.807, 2.05) is 36.0 Å². The van der Waals surface area contributed by atoms with Crippen molar-refractivity contribution < 1.29 is 4.79 Å². The number of amides is 2. The summed E-state index contributed by atoms with van der Waals surface area (Å²) in [4.78, 5) is 16.7. The van der Waals surface area contributed by atoms with Gasteiger partial charge in [-0.3, -0.25) is 4.99 Å². The van der Waals surface area contributed by atoms with Crippen molar-refractivity contribution in [1.29, 1.82) is 0 Å². The summed E-state index contributed by atoms with van der Waals surface area (Å²) >= 11 is 1.60. The van der Waals surface area contributed by atoms with Crippen LogP contribution < -0.4 is 15.9 Å². The van der Waals surface area contributed by atoms with E-state index in [0.29, 0.717) is 11.7 Å². The quantitative estimate of drug-likeness (QED) is 0.906. The van der Waals surface area contributed by atoms with E-state index >= 15 is 0 Å². The van der Waals surface area contributed by atoms with Gasteiger partial charge in [0.2, 0.25) is 4.80 Å². The number of nitrogens with two attached hydrogens (primary N) is 1. The Morgan fingerprint density at radius 2 is 2.00 bits per heavy atom. The van der Waals surface area contributed by atoms with Crippen molar-refractivity contribution in [3.05, 3.63) is 29.1 Å².